The molecule has 2 aromatic rings. The number of nitrogens with zero attached hydrogens (tertiary/aromatic N) is 2. The summed E-state index contributed by atoms with van der Waals surface area (Å²) in [5, 5.41) is 3.17. The summed E-state index contributed by atoms with van der Waals surface area (Å²) < 4.78 is 37.6. The highest BCUT2D eigenvalue weighted by molar-refractivity contribution is 6.32. The highest BCUT2D eigenvalue weighted by Crippen LogP contribution is 2.29. The summed E-state index contributed by atoms with van der Waals surface area (Å²) in [4.78, 5) is 7.60. The number of hydrogen-bond donors (Lipinski definition) is 1. The summed E-state index contributed by atoms with van der Waals surface area (Å²) in [6.45, 7) is 0.195. The van der Waals surface area contributed by atoms with Gasteiger partial charge in [0.25, 0.3) is 0 Å². The van der Waals surface area contributed by atoms with Gasteiger partial charge in [0.15, 0.2) is 0 Å². The van der Waals surface area contributed by atoms with E-state index in [1.807, 2.05) is 0 Å². The number of nitrogens with one attached hydrogen (secondary N) is 1. The van der Waals surface area contributed by atoms with Crippen LogP contribution in [-0.2, 0) is 12.7 Å². The van der Waals surface area contributed by atoms with Crippen molar-refractivity contribution in [2.45, 2.75) is 12.7 Å². The standard InChI is InChI=1S/C12H9ClF3N3/c13-10-6-17-7-19-11(10)18-5-8-2-1-3-9(4-8)12(14,15)16/h1-4,6-7H,5H2,(H,17,18,19). The molecule has 7 heteroatoms. The molecule has 0 fully saturated rings. The van der Waals surface area contributed by atoms with E-state index in [1.165, 1.54) is 18.6 Å². The Bertz CT molecular complexity index is 572. The zero-order valence-electron chi connectivity index (χ0n) is 9.58. The largest absolute Gasteiger partial charge is 0.416 e. The van der Waals surface area contributed by atoms with E-state index in [1.54, 1.807) is 6.07 Å². The second-order valence-electron chi connectivity index (χ2n) is 3.77. The number of benzene rings is 1. The van der Waals surface area contributed by atoms with Crippen LogP contribution in [0, 0.1) is 0 Å². The van der Waals surface area contributed by atoms with E-state index >= 15 is 0 Å². The van der Waals surface area contributed by atoms with Crippen molar-refractivity contribution in [2.75, 3.05) is 5.32 Å². The lowest BCUT2D eigenvalue weighted by atomic mass is 10.1. The van der Waals surface area contributed by atoms with Crippen LogP contribution < -0.4 is 5.32 Å². The number of hydrogen-bond acceptors (Lipinski definition) is 3. The lowest BCUT2D eigenvalue weighted by Crippen LogP contribution is -2.07. The van der Waals surface area contributed by atoms with Gasteiger partial charge in [-0.15, -0.1) is 0 Å². The van der Waals surface area contributed by atoms with Gasteiger partial charge in [0.1, 0.15) is 17.2 Å². The van der Waals surface area contributed by atoms with E-state index in [-0.39, 0.29) is 6.54 Å². The van der Waals surface area contributed by atoms with Crippen molar-refractivity contribution < 1.29 is 13.2 Å². The maximum absolute atomic E-state index is 12.5. The van der Waals surface area contributed by atoms with Gasteiger partial charge in [0.2, 0.25) is 0 Å². The molecule has 2 rings (SSSR count). The topological polar surface area (TPSA) is 37.8 Å². The average molecular weight is 288 g/mol. The molecule has 0 saturated carbocycles. The predicted molar refractivity (Wildman–Crippen MR) is 65.8 cm³/mol. The molecular formula is C12H9ClF3N3. The summed E-state index contributed by atoms with van der Waals surface area (Å²) in [5.41, 5.74) is -0.190. The average Bonchev–Trinajstić information content (AvgIpc) is 2.37. The molecule has 0 radical (unpaired) electrons. The molecule has 19 heavy (non-hydrogen) atoms. The van der Waals surface area contributed by atoms with Crippen LogP contribution in [0.25, 0.3) is 0 Å². The first-order valence-corrected chi connectivity index (χ1v) is 5.70. The van der Waals surface area contributed by atoms with Gasteiger partial charge in [-0.25, -0.2) is 9.97 Å². The number of halogens is 4. The van der Waals surface area contributed by atoms with Crippen LogP contribution in [-0.4, -0.2) is 9.97 Å². The van der Waals surface area contributed by atoms with Gasteiger partial charge >= 0.3 is 6.18 Å². The Kier molecular flexibility index (Phi) is 3.90. The van der Waals surface area contributed by atoms with Crippen LogP contribution in [0.5, 0.6) is 0 Å². The number of anilines is 1. The second-order valence-corrected chi connectivity index (χ2v) is 4.18. The fourth-order valence-electron chi connectivity index (χ4n) is 1.49. The van der Waals surface area contributed by atoms with E-state index in [4.69, 9.17) is 11.6 Å². The molecule has 1 N–H and O–H groups in total. The van der Waals surface area contributed by atoms with E-state index in [0.717, 1.165) is 12.1 Å². The van der Waals surface area contributed by atoms with Crippen LogP contribution in [0.15, 0.2) is 36.8 Å². The Hall–Kier alpha value is -1.82. The van der Waals surface area contributed by atoms with Crippen molar-refractivity contribution in [3.05, 3.63) is 52.9 Å². The van der Waals surface area contributed by atoms with Crippen LogP contribution in [0.2, 0.25) is 5.02 Å². The summed E-state index contributed by atoms with van der Waals surface area (Å²) in [6.07, 6.45) is -1.63. The lowest BCUT2D eigenvalue weighted by Gasteiger charge is -2.10. The van der Waals surface area contributed by atoms with Gasteiger partial charge in [-0.2, -0.15) is 13.2 Å². The lowest BCUT2D eigenvalue weighted by molar-refractivity contribution is -0.137. The Morgan fingerprint density at radius 2 is 2.05 bits per heavy atom. The summed E-state index contributed by atoms with van der Waals surface area (Å²) in [5.74, 6) is 0.383. The minimum atomic E-state index is -4.34. The third-order valence-corrected chi connectivity index (χ3v) is 2.66. The van der Waals surface area contributed by atoms with Gasteiger partial charge in [0, 0.05) is 6.54 Å². The summed E-state index contributed by atoms with van der Waals surface area (Å²) >= 11 is 5.83. The van der Waals surface area contributed by atoms with Crippen LogP contribution in [0.1, 0.15) is 11.1 Å². The third kappa shape index (κ3) is 3.57. The van der Waals surface area contributed by atoms with E-state index < -0.39 is 11.7 Å². The fraction of sp³-hybridized carbons (Fsp3) is 0.167. The van der Waals surface area contributed by atoms with Crippen molar-refractivity contribution in [1.29, 1.82) is 0 Å². The molecule has 0 spiro atoms. The van der Waals surface area contributed by atoms with Gasteiger partial charge < -0.3 is 5.32 Å². The highest BCUT2D eigenvalue weighted by Gasteiger charge is 2.30. The van der Waals surface area contributed by atoms with Gasteiger partial charge in [-0.05, 0) is 17.7 Å². The molecule has 0 aliphatic heterocycles. The Balaban J connectivity index is 2.10. The van der Waals surface area contributed by atoms with Gasteiger partial charge in [-0.3, -0.25) is 0 Å². The van der Waals surface area contributed by atoms with Crippen LogP contribution >= 0.6 is 11.6 Å². The molecule has 3 nitrogen and oxygen atoms in total. The first-order chi connectivity index (χ1) is 8.97. The minimum Gasteiger partial charge on any atom is -0.365 e. The zero-order valence-corrected chi connectivity index (χ0v) is 10.3. The molecule has 1 aromatic heterocycles. The van der Waals surface area contributed by atoms with Crippen molar-refractivity contribution in [2.24, 2.45) is 0 Å². The van der Waals surface area contributed by atoms with Crippen molar-refractivity contribution in [3.8, 4) is 0 Å². The van der Waals surface area contributed by atoms with Gasteiger partial charge in [-0.1, -0.05) is 23.7 Å². The van der Waals surface area contributed by atoms with E-state index in [9.17, 15) is 13.2 Å². The molecular weight excluding hydrogens is 279 g/mol. The monoisotopic (exact) mass is 287 g/mol. The molecule has 1 aromatic carbocycles. The normalized spacial score (nSPS) is 11.4. The van der Waals surface area contributed by atoms with Crippen LogP contribution in [0.4, 0.5) is 19.0 Å². The third-order valence-electron chi connectivity index (χ3n) is 2.38. The van der Waals surface area contributed by atoms with Crippen LogP contribution in [0.3, 0.4) is 0 Å². The van der Waals surface area contributed by atoms with E-state index in [0.29, 0.717) is 16.4 Å². The quantitative estimate of drug-likeness (QED) is 0.934. The number of rotatable bonds is 3. The highest BCUT2D eigenvalue weighted by atomic mass is 35.5. The number of alkyl halides is 3. The van der Waals surface area contributed by atoms with Gasteiger partial charge in [0.05, 0.1) is 11.8 Å². The molecule has 0 aliphatic rings. The Morgan fingerprint density at radius 1 is 1.26 bits per heavy atom. The fourth-order valence-corrected chi connectivity index (χ4v) is 1.66. The summed E-state index contributed by atoms with van der Waals surface area (Å²) in [7, 11) is 0. The smallest absolute Gasteiger partial charge is 0.365 e. The molecule has 0 atom stereocenters. The Labute approximate surface area is 112 Å². The van der Waals surface area contributed by atoms with E-state index in [2.05, 4.69) is 15.3 Å². The maximum atomic E-state index is 12.5. The first-order valence-electron chi connectivity index (χ1n) is 5.32. The SMILES string of the molecule is FC(F)(F)c1cccc(CNc2ncncc2Cl)c1. The first kappa shape index (κ1) is 13.6. The van der Waals surface area contributed by atoms with Crippen molar-refractivity contribution >= 4 is 17.4 Å². The molecule has 100 valence electrons. The molecule has 0 amide bonds. The zero-order chi connectivity index (χ0) is 13.9. The maximum Gasteiger partial charge on any atom is 0.416 e. The second kappa shape index (κ2) is 5.44. The van der Waals surface area contributed by atoms with Crippen molar-refractivity contribution in [3.63, 3.8) is 0 Å². The predicted octanol–water partition coefficient (Wildman–Crippen LogP) is 3.76. The molecule has 0 saturated heterocycles. The summed E-state index contributed by atoms with van der Waals surface area (Å²) in [6, 6.07) is 5.07. The number of aromatic nitrogens is 2. The molecule has 0 aliphatic carbocycles. The Morgan fingerprint density at radius 3 is 2.74 bits per heavy atom. The van der Waals surface area contributed by atoms with Crippen molar-refractivity contribution in [1.82, 2.24) is 9.97 Å². The molecule has 0 unspecified atom stereocenters. The molecule has 0 bridgehead atoms. The minimum absolute atomic E-state index is 0.195. The molecule has 1 heterocycles.